The average Bonchev–Trinajstić information content (AvgIpc) is 3.37. The van der Waals surface area contributed by atoms with Gasteiger partial charge < -0.3 is 9.64 Å². The van der Waals surface area contributed by atoms with E-state index < -0.39 is 12.0 Å². The van der Waals surface area contributed by atoms with Crippen LogP contribution in [0.15, 0.2) is 46.0 Å². The van der Waals surface area contributed by atoms with Crippen LogP contribution in [0.2, 0.25) is 0 Å². The first-order valence-corrected chi connectivity index (χ1v) is 10.2. The summed E-state index contributed by atoms with van der Waals surface area (Å²) in [5.74, 6) is -0.424. The lowest BCUT2D eigenvalue weighted by Crippen LogP contribution is -2.35. The van der Waals surface area contributed by atoms with Crippen LogP contribution < -0.4 is 0 Å². The molecule has 2 unspecified atom stereocenters. The van der Waals surface area contributed by atoms with Gasteiger partial charge in [0.2, 0.25) is 0 Å². The predicted octanol–water partition coefficient (Wildman–Crippen LogP) is 3.75. The molecule has 2 aromatic rings. The van der Waals surface area contributed by atoms with E-state index in [-0.39, 0.29) is 18.3 Å². The second-order valence-corrected chi connectivity index (χ2v) is 7.81. The third-order valence-corrected chi connectivity index (χ3v) is 5.86. The summed E-state index contributed by atoms with van der Waals surface area (Å²) in [4.78, 5) is 24.1. The minimum atomic E-state index is -0.641. The summed E-state index contributed by atoms with van der Waals surface area (Å²) in [5, 5.41) is 12.1. The highest BCUT2D eigenvalue weighted by Gasteiger charge is 2.42. The van der Waals surface area contributed by atoms with Gasteiger partial charge in [-0.1, -0.05) is 6.07 Å². The zero-order valence-corrected chi connectivity index (χ0v) is 16.9. The van der Waals surface area contributed by atoms with Crippen LogP contribution in [-0.4, -0.2) is 34.8 Å². The first kappa shape index (κ1) is 19.3. The van der Waals surface area contributed by atoms with E-state index >= 15 is 0 Å². The van der Waals surface area contributed by atoms with Gasteiger partial charge in [-0.2, -0.15) is 5.26 Å². The molecule has 0 aliphatic carbocycles. The summed E-state index contributed by atoms with van der Waals surface area (Å²) < 4.78 is 19.0. The van der Waals surface area contributed by atoms with Crippen molar-refractivity contribution in [2.24, 2.45) is 10.9 Å². The molecule has 1 fully saturated rings. The average molecular weight is 410 g/mol. The number of esters is 1. The summed E-state index contributed by atoms with van der Waals surface area (Å²) in [6.45, 7) is 4.22. The highest BCUT2D eigenvalue weighted by atomic mass is 32.1. The molecular formula is C21H19FN4O2S. The number of carbonyl (C=O) groups is 1. The van der Waals surface area contributed by atoms with Gasteiger partial charge in [-0.15, -0.1) is 11.3 Å². The lowest BCUT2D eigenvalue weighted by Gasteiger charge is -2.32. The van der Waals surface area contributed by atoms with Crippen LogP contribution in [0.4, 0.5) is 4.39 Å². The smallest absolute Gasteiger partial charge is 0.338 e. The molecule has 1 aromatic heterocycles. The third kappa shape index (κ3) is 3.42. The van der Waals surface area contributed by atoms with Gasteiger partial charge in [0, 0.05) is 30.2 Å². The van der Waals surface area contributed by atoms with E-state index in [4.69, 9.17) is 9.73 Å². The van der Waals surface area contributed by atoms with Crippen LogP contribution in [-0.2, 0) is 9.53 Å². The van der Waals surface area contributed by atoms with Crippen LogP contribution in [0, 0.1) is 30.0 Å². The Labute approximate surface area is 172 Å². The van der Waals surface area contributed by atoms with Crippen molar-refractivity contribution in [1.82, 2.24) is 9.88 Å². The van der Waals surface area contributed by atoms with Crippen molar-refractivity contribution in [3.63, 3.8) is 0 Å². The quantitative estimate of drug-likeness (QED) is 0.717. The predicted molar refractivity (Wildman–Crippen MR) is 107 cm³/mol. The van der Waals surface area contributed by atoms with Crippen LogP contribution in [0.5, 0.6) is 0 Å². The van der Waals surface area contributed by atoms with E-state index in [1.54, 1.807) is 26.1 Å². The number of ether oxygens (including phenoxy) is 1. The van der Waals surface area contributed by atoms with Gasteiger partial charge in [0.15, 0.2) is 10.8 Å². The van der Waals surface area contributed by atoms with Gasteiger partial charge in [-0.05, 0) is 37.1 Å². The summed E-state index contributed by atoms with van der Waals surface area (Å²) in [5.41, 5.74) is 2.59. The second kappa shape index (κ2) is 7.76. The van der Waals surface area contributed by atoms with Crippen LogP contribution in [0.3, 0.4) is 0 Å². The maximum Gasteiger partial charge on any atom is 0.338 e. The Morgan fingerprint density at radius 3 is 2.97 bits per heavy atom. The minimum absolute atomic E-state index is 0.232. The topological polar surface area (TPSA) is 78.6 Å². The van der Waals surface area contributed by atoms with Crippen molar-refractivity contribution in [1.29, 1.82) is 5.26 Å². The summed E-state index contributed by atoms with van der Waals surface area (Å²) in [6, 6.07) is 6.12. The molecule has 0 N–H and O–H groups in total. The molecule has 148 valence electrons. The van der Waals surface area contributed by atoms with Gasteiger partial charge in [-0.25, -0.2) is 14.2 Å². The van der Waals surface area contributed by atoms with Gasteiger partial charge in [0.1, 0.15) is 11.9 Å². The van der Waals surface area contributed by atoms with Gasteiger partial charge >= 0.3 is 5.97 Å². The zero-order valence-electron chi connectivity index (χ0n) is 16.1. The number of carbonyl (C=O) groups excluding carboxylic acids is 1. The molecule has 2 aliphatic rings. The Kier molecular flexibility index (Phi) is 5.16. The molecule has 0 amide bonds. The van der Waals surface area contributed by atoms with Crippen LogP contribution in [0.1, 0.15) is 35.5 Å². The molecule has 1 aromatic carbocycles. The third-order valence-electron chi connectivity index (χ3n) is 5.09. The van der Waals surface area contributed by atoms with E-state index in [1.807, 2.05) is 10.3 Å². The maximum absolute atomic E-state index is 13.7. The summed E-state index contributed by atoms with van der Waals surface area (Å²) in [7, 11) is 0. The van der Waals surface area contributed by atoms with Gasteiger partial charge in [-0.3, -0.25) is 4.99 Å². The number of aromatic nitrogens is 1. The number of thiazole rings is 1. The Morgan fingerprint density at radius 1 is 1.48 bits per heavy atom. The number of aliphatic imine (C=N–C) groups is 1. The first-order valence-electron chi connectivity index (χ1n) is 9.34. The molecule has 29 heavy (non-hydrogen) atoms. The first-order chi connectivity index (χ1) is 14.0. The van der Waals surface area contributed by atoms with E-state index in [0.29, 0.717) is 34.9 Å². The number of allylic oxidation sites excluding steroid dienone is 1. The highest BCUT2D eigenvalue weighted by molar-refractivity contribution is 7.11. The number of halogens is 1. The number of nitriles is 1. The van der Waals surface area contributed by atoms with Gasteiger partial charge in [0.05, 0.1) is 24.2 Å². The second-order valence-electron chi connectivity index (χ2n) is 6.92. The molecule has 0 bridgehead atoms. The largest absolute Gasteiger partial charge is 0.463 e. The Balaban J connectivity index is 1.92. The number of rotatable bonds is 4. The highest BCUT2D eigenvalue weighted by Crippen LogP contribution is 2.42. The van der Waals surface area contributed by atoms with Crippen molar-refractivity contribution in [3.8, 4) is 6.07 Å². The molecule has 0 radical (unpaired) electrons. The lowest BCUT2D eigenvalue weighted by molar-refractivity contribution is -0.139. The zero-order chi connectivity index (χ0) is 20.5. The van der Waals surface area contributed by atoms with Crippen molar-refractivity contribution in [2.75, 3.05) is 13.2 Å². The molecule has 4 rings (SSSR count). The minimum Gasteiger partial charge on any atom is -0.463 e. The number of aryl methyl sites for hydroxylation is 1. The van der Waals surface area contributed by atoms with E-state index in [9.17, 15) is 14.4 Å². The van der Waals surface area contributed by atoms with Crippen molar-refractivity contribution >= 4 is 23.1 Å². The number of amidine groups is 1. The Hall–Kier alpha value is -3.05. The lowest BCUT2D eigenvalue weighted by atomic mass is 9.91. The number of nitrogens with zero attached hydrogens (tertiary/aromatic N) is 4. The fourth-order valence-corrected chi connectivity index (χ4v) is 4.46. The van der Waals surface area contributed by atoms with E-state index in [2.05, 4.69) is 11.1 Å². The SMILES string of the molecule is CCOC(=O)C1=C2CC(C#N)CN2C(c2nccs2)=NC1c1ccc(F)cc1C. The number of hydrogen-bond donors (Lipinski definition) is 0. The van der Waals surface area contributed by atoms with E-state index in [1.165, 1.54) is 23.5 Å². The molecular weight excluding hydrogens is 391 g/mol. The number of benzene rings is 1. The summed E-state index contributed by atoms with van der Waals surface area (Å²) in [6.07, 6.45) is 2.13. The molecule has 2 atom stereocenters. The van der Waals surface area contributed by atoms with Gasteiger partial charge in [0.25, 0.3) is 0 Å². The molecule has 3 heterocycles. The standard InChI is InChI=1S/C21H19FN4O2S/c1-3-28-21(27)17-16-9-13(10-23)11-26(16)19(20-24-6-7-29-20)25-18(17)15-5-4-14(22)8-12(15)2/h4-8,13,18H,3,9,11H2,1-2H3. The molecule has 2 aliphatic heterocycles. The fraction of sp³-hybridized carbons (Fsp3) is 0.333. The monoisotopic (exact) mass is 410 g/mol. The fourth-order valence-electron chi connectivity index (χ4n) is 3.82. The van der Waals surface area contributed by atoms with Crippen molar-refractivity contribution in [3.05, 3.63) is 63.0 Å². The molecule has 6 nitrogen and oxygen atoms in total. The molecule has 8 heteroatoms. The number of fused-ring (bicyclic) bond motifs is 1. The Bertz CT molecular complexity index is 1060. The number of hydrogen-bond acceptors (Lipinski definition) is 7. The Morgan fingerprint density at radius 2 is 2.31 bits per heavy atom. The molecule has 0 spiro atoms. The van der Waals surface area contributed by atoms with E-state index in [0.717, 1.165) is 11.3 Å². The van der Waals surface area contributed by atoms with Crippen LogP contribution >= 0.6 is 11.3 Å². The maximum atomic E-state index is 13.7. The van der Waals surface area contributed by atoms with Crippen molar-refractivity contribution < 1.29 is 13.9 Å². The van der Waals surface area contributed by atoms with Crippen molar-refractivity contribution in [2.45, 2.75) is 26.3 Å². The summed E-state index contributed by atoms with van der Waals surface area (Å²) >= 11 is 1.45. The normalized spacial score (nSPS) is 20.9. The molecule has 1 saturated heterocycles. The molecule has 0 saturated carbocycles. The van der Waals surface area contributed by atoms with Crippen LogP contribution in [0.25, 0.3) is 0 Å².